The smallest absolute Gasteiger partial charge is 0.416 e. The molecule has 0 bridgehead atoms. The maximum Gasteiger partial charge on any atom is 0.504 e. The van der Waals surface area contributed by atoms with Crippen molar-refractivity contribution < 1.29 is 13.0 Å². The summed E-state index contributed by atoms with van der Waals surface area (Å²) in [5.74, 6) is 0. The van der Waals surface area contributed by atoms with E-state index in [4.69, 9.17) is 8.23 Å². The Morgan fingerprint density at radius 3 is 1.67 bits per heavy atom. The number of hydrogen-bond acceptors (Lipinski definition) is 3. The molecule has 6 heteroatoms. The van der Waals surface area contributed by atoms with Crippen LogP contribution in [0.15, 0.2) is 12.3 Å². The van der Waals surface area contributed by atoms with Crippen LogP contribution in [0, 0.1) is 0 Å². The van der Waals surface area contributed by atoms with Crippen LogP contribution in [0.4, 0.5) is 0 Å². The molecule has 0 spiro atoms. The molecule has 0 aliphatic heterocycles. The molecule has 0 aromatic rings. The molecule has 0 radical (unpaired) electrons. The zero-order valence-electron chi connectivity index (χ0n) is 8.20. The van der Waals surface area contributed by atoms with E-state index in [1.807, 2.05) is 26.2 Å². The fraction of sp³-hybridized carbons (Fsp3) is 0.667. The first-order valence-electron chi connectivity index (χ1n) is 4.11. The second kappa shape index (κ2) is 5.10. The van der Waals surface area contributed by atoms with E-state index in [1.54, 1.807) is 0 Å². The number of hydrogen-bond donors (Lipinski definition) is 1. The molecule has 0 aliphatic rings. The van der Waals surface area contributed by atoms with Crippen molar-refractivity contribution in [2.45, 2.75) is 26.2 Å². The summed E-state index contributed by atoms with van der Waals surface area (Å²) in [5, 5.41) is 0. The fourth-order valence-corrected chi connectivity index (χ4v) is 7.69. The van der Waals surface area contributed by atoms with Crippen LogP contribution in [0.3, 0.4) is 0 Å². The molecule has 0 amide bonds. The van der Waals surface area contributed by atoms with Crippen molar-refractivity contribution in [2.75, 3.05) is 0 Å². The van der Waals surface area contributed by atoms with Crippen molar-refractivity contribution in [1.29, 1.82) is 0 Å². The van der Waals surface area contributed by atoms with E-state index < -0.39 is 26.9 Å². The summed E-state index contributed by atoms with van der Waals surface area (Å²) in [4.78, 5) is 9.81. The maximum absolute atomic E-state index is 9.81. The Labute approximate surface area is 78.8 Å². The zero-order chi connectivity index (χ0) is 9.78. The molecule has 0 heterocycles. The van der Waals surface area contributed by atoms with Gasteiger partial charge in [-0.05, 0) is 31.9 Å². The highest BCUT2D eigenvalue weighted by Gasteiger charge is 2.34. The highest BCUT2D eigenvalue weighted by Crippen LogP contribution is 2.08. The van der Waals surface area contributed by atoms with Gasteiger partial charge in [-0.2, -0.15) is 0 Å². The van der Waals surface area contributed by atoms with E-state index in [1.165, 1.54) is 5.70 Å². The molecular formula is C6H18O3Si3. The normalized spacial score (nSPS) is 12.6. The molecule has 0 aliphatic carbocycles. The van der Waals surface area contributed by atoms with Crippen molar-refractivity contribution in [2.24, 2.45) is 0 Å². The molecule has 0 saturated carbocycles. The number of rotatable bonds is 5. The van der Waals surface area contributed by atoms with Gasteiger partial charge in [0.15, 0.2) is 18.1 Å². The van der Waals surface area contributed by atoms with Crippen LogP contribution in [0.1, 0.15) is 0 Å². The summed E-state index contributed by atoms with van der Waals surface area (Å²) < 4.78 is 10.9. The summed E-state index contributed by atoms with van der Waals surface area (Å²) in [6, 6.07) is 0. The first kappa shape index (κ1) is 12.3. The van der Waals surface area contributed by atoms with Gasteiger partial charge in [0.1, 0.15) is 0 Å². The van der Waals surface area contributed by atoms with Gasteiger partial charge in [0.2, 0.25) is 0 Å². The van der Waals surface area contributed by atoms with Crippen LogP contribution in [0.5, 0.6) is 0 Å². The average molecular weight is 222 g/mol. The molecule has 0 aromatic heterocycles. The van der Waals surface area contributed by atoms with Crippen molar-refractivity contribution in [1.82, 2.24) is 0 Å². The lowest BCUT2D eigenvalue weighted by molar-refractivity contribution is 0.274. The van der Waals surface area contributed by atoms with E-state index in [9.17, 15) is 4.80 Å². The second-order valence-corrected chi connectivity index (χ2v) is 10.9. The minimum Gasteiger partial charge on any atom is -0.416 e. The summed E-state index contributed by atoms with van der Waals surface area (Å²) >= 11 is 0. The largest absolute Gasteiger partial charge is 0.504 e. The molecular weight excluding hydrogens is 204 g/mol. The molecule has 0 atom stereocenters. The van der Waals surface area contributed by atoms with E-state index in [-0.39, 0.29) is 0 Å². The first-order chi connectivity index (χ1) is 5.39. The van der Waals surface area contributed by atoms with Crippen molar-refractivity contribution in [3.63, 3.8) is 0 Å². The van der Waals surface area contributed by atoms with Crippen LogP contribution in [-0.4, -0.2) is 31.7 Å². The van der Waals surface area contributed by atoms with Gasteiger partial charge in [0.05, 0.1) is 0 Å². The topological polar surface area (TPSA) is 38.7 Å². The highest BCUT2D eigenvalue weighted by atomic mass is 28.5. The van der Waals surface area contributed by atoms with E-state index in [0.717, 1.165) is 0 Å². The van der Waals surface area contributed by atoms with E-state index in [0.29, 0.717) is 0 Å². The predicted octanol–water partition coefficient (Wildman–Crippen LogP) is 0.643. The van der Waals surface area contributed by atoms with Crippen molar-refractivity contribution >= 4 is 26.9 Å². The quantitative estimate of drug-likeness (QED) is 0.694. The third kappa shape index (κ3) is 5.01. The van der Waals surface area contributed by atoms with Gasteiger partial charge >= 0.3 is 8.80 Å². The van der Waals surface area contributed by atoms with Gasteiger partial charge in [-0.25, -0.2) is 0 Å². The Morgan fingerprint density at radius 2 is 1.50 bits per heavy atom. The molecule has 0 unspecified atom stereocenters. The summed E-state index contributed by atoms with van der Waals surface area (Å²) in [6.45, 7) is 11.6. The van der Waals surface area contributed by atoms with Crippen molar-refractivity contribution in [3.05, 3.63) is 12.3 Å². The Bertz CT molecular complexity index is 139. The molecule has 0 rings (SSSR count). The van der Waals surface area contributed by atoms with E-state index >= 15 is 0 Å². The zero-order valence-corrected chi connectivity index (χ0v) is 11.5. The van der Waals surface area contributed by atoms with Crippen molar-refractivity contribution in [3.8, 4) is 0 Å². The minimum absolute atomic E-state index is 1.23. The lowest BCUT2D eigenvalue weighted by Crippen LogP contribution is -2.46. The van der Waals surface area contributed by atoms with Crippen LogP contribution in [-0.2, 0) is 8.23 Å². The monoisotopic (exact) mass is 222 g/mol. The molecule has 0 saturated heterocycles. The highest BCUT2D eigenvalue weighted by molar-refractivity contribution is 6.78. The lowest BCUT2D eigenvalue weighted by Gasteiger charge is -2.25. The SMILES string of the molecule is C=C[Si](O)(O[SiH](C)C)O[SiH](C)C. The first-order valence-corrected chi connectivity index (χ1v) is 11.5. The van der Waals surface area contributed by atoms with Crippen LogP contribution >= 0.6 is 0 Å². The summed E-state index contributed by atoms with van der Waals surface area (Å²) in [6.07, 6.45) is 0. The fourth-order valence-electron chi connectivity index (χ4n) is 0.799. The van der Waals surface area contributed by atoms with Crippen LogP contribution in [0.25, 0.3) is 0 Å². The van der Waals surface area contributed by atoms with Gasteiger partial charge < -0.3 is 13.0 Å². The lowest BCUT2D eigenvalue weighted by atomic mass is 11.3. The maximum atomic E-state index is 9.81. The third-order valence-corrected chi connectivity index (χ3v) is 8.06. The Balaban J connectivity index is 4.14. The van der Waals surface area contributed by atoms with Gasteiger partial charge in [-0.1, -0.05) is 0 Å². The Kier molecular flexibility index (Phi) is 5.21. The van der Waals surface area contributed by atoms with Gasteiger partial charge in [0, 0.05) is 0 Å². The van der Waals surface area contributed by atoms with Crippen LogP contribution in [0.2, 0.25) is 26.2 Å². The standard InChI is InChI=1S/C6H18O3Si3/c1-6-12(7,8-10(2)3)9-11(4)5/h6-7,10-11H,1H2,2-5H3. The second-order valence-electron chi connectivity index (χ2n) is 3.17. The van der Waals surface area contributed by atoms with E-state index in [2.05, 4.69) is 6.58 Å². The average Bonchev–Trinajstić information content (AvgIpc) is 1.83. The molecule has 72 valence electrons. The molecule has 12 heavy (non-hydrogen) atoms. The van der Waals surface area contributed by atoms with Crippen LogP contribution < -0.4 is 0 Å². The Hall–Kier alpha value is 0.271. The molecule has 0 fully saturated rings. The summed E-state index contributed by atoms with van der Waals surface area (Å²) in [7, 11) is -5.43. The van der Waals surface area contributed by atoms with Gasteiger partial charge in [0.25, 0.3) is 0 Å². The third-order valence-electron chi connectivity index (χ3n) is 1.07. The molecule has 1 N–H and O–H groups in total. The Morgan fingerprint density at radius 1 is 1.17 bits per heavy atom. The molecule has 3 nitrogen and oxygen atoms in total. The molecule has 0 aromatic carbocycles. The van der Waals surface area contributed by atoms with Gasteiger partial charge in [-0.3, -0.25) is 0 Å². The minimum atomic E-state index is -2.96. The summed E-state index contributed by atoms with van der Waals surface area (Å²) in [5.41, 5.74) is 1.45. The predicted molar refractivity (Wildman–Crippen MR) is 58.1 cm³/mol. The van der Waals surface area contributed by atoms with Gasteiger partial charge in [-0.15, -0.1) is 6.58 Å².